The fourth-order valence-corrected chi connectivity index (χ4v) is 4.42. The van der Waals surface area contributed by atoms with Crippen molar-refractivity contribution >= 4 is 17.2 Å². The van der Waals surface area contributed by atoms with Crippen molar-refractivity contribution in [2.45, 2.75) is 65.2 Å². The summed E-state index contributed by atoms with van der Waals surface area (Å²) in [4.78, 5) is 12.5. The highest BCUT2D eigenvalue weighted by Crippen LogP contribution is 2.43. The Balaban J connectivity index is 1.67. The maximum Gasteiger partial charge on any atom is 0.256 e. The zero-order chi connectivity index (χ0) is 17.4. The van der Waals surface area contributed by atoms with E-state index in [9.17, 15) is 4.79 Å². The number of anilines is 1. The van der Waals surface area contributed by atoms with E-state index in [0.717, 1.165) is 29.7 Å². The predicted molar refractivity (Wildman–Crippen MR) is 104 cm³/mol. The van der Waals surface area contributed by atoms with Gasteiger partial charge in [-0.05, 0) is 92.4 Å². The molecule has 2 aliphatic carbocycles. The average molecular weight is 333 g/mol. The van der Waals surface area contributed by atoms with Crippen LogP contribution in [0.4, 0.5) is 5.69 Å². The summed E-state index contributed by atoms with van der Waals surface area (Å²) in [6.45, 7) is 4.46. The van der Waals surface area contributed by atoms with Gasteiger partial charge in [0, 0.05) is 16.8 Å². The third-order valence-corrected chi connectivity index (χ3v) is 5.92. The molecule has 4 rings (SSSR count). The van der Waals surface area contributed by atoms with E-state index in [0.29, 0.717) is 0 Å². The van der Waals surface area contributed by atoms with E-state index in [1.54, 1.807) is 11.1 Å². The standard InChI is InChI=1S/C23H27NO/c1-3-4-7-16-10-11-22-20(12-16)21(23(25)24-22)14-18-13-17-8-5-6-9-19(17)15(18)2/h10-12,14H,3-9,13H2,1-2H3,(H,24,25). The third kappa shape index (κ3) is 2.99. The number of hydrogen-bond donors (Lipinski definition) is 1. The molecule has 1 aromatic rings. The zero-order valence-corrected chi connectivity index (χ0v) is 15.4. The first kappa shape index (κ1) is 16.4. The Hall–Kier alpha value is -2.09. The topological polar surface area (TPSA) is 29.1 Å². The van der Waals surface area contributed by atoms with Gasteiger partial charge in [-0.1, -0.05) is 25.0 Å². The van der Waals surface area contributed by atoms with Crippen molar-refractivity contribution in [3.8, 4) is 0 Å². The summed E-state index contributed by atoms with van der Waals surface area (Å²) in [5.41, 5.74) is 10.2. The average Bonchev–Trinajstić information content (AvgIpc) is 3.11. The first-order valence-electron chi connectivity index (χ1n) is 9.74. The van der Waals surface area contributed by atoms with Crippen LogP contribution in [0.1, 0.15) is 69.9 Å². The summed E-state index contributed by atoms with van der Waals surface area (Å²) in [5, 5.41) is 3.04. The van der Waals surface area contributed by atoms with Crippen LogP contribution in [-0.4, -0.2) is 5.91 Å². The molecule has 0 spiro atoms. The molecule has 0 saturated heterocycles. The van der Waals surface area contributed by atoms with Crippen LogP contribution in [0, 0.1) is 0 Å². The Kier molecular flexibility index (Phi) is 4.37. The number of unbranched alkanes of at least 4 members (excludes halogenated alkanes) is 1. The lowest BCUT2D eigenvalue weighted by Crippen LogP contribution is -2.04. The smallest absolute Gasteiger partial charge is 0.256 e. The number of nitrogens with one attached hydrogen (secondary N) is 1. The van der Waals surface area contributed by atoms with E-state index in [-0.39, 0.29) is 5.91 Å². The molecule has 2 nitrogen and oxygen atoms in total. The SMILES string of the molecule is CCCCc1ccc2c(c1)C(=CC1=C(C)C3=C(CCCC3)C1)C(=O)N2. The fourth-order valence-electron chi connectivity index (χ4n) is 4.42. The Labute approximate surface area is 150 Å². The van der Waals surface area contributed by atoms with E-state index >= 15 is 0 Å². The van der Waals surface area contributed by atoms with Gasteiger partial charge >= 0.3 is 0 Å². The number of hydrogen-bond acceptors (Lipinski definition) is 1. The number of rotatable bonds is 4. The molecule has 0 bridgehead atoms. The van der Waals surface area contributed by atoms with Crippen LogP contribution in [0.25, 0.3) is 5.57 Å². The molecule has 0 unspecified atom stereocenters. The number of amides is 1. The van der Waals surface area contributed by atoms with Crippen LogP contribution < -0.4 is 5.32 Å². The molecule has 1 amide bonds. The molecule has 1 aliphatic heterocycles. The van der Waals surface area contributed by atoms with Crippen molar-refractivity contribution in [1.82, 2.24) is 0 Å². The van der Waals surface area contributed by atoms with E-state index < -0.39 is 0 Å². The second-order valence-corrected chi connectivity index (χ2v) is 7.61. The van der Waals surface area contributed by atoms with Gasteiger partial charge in [0.1, 0.15) is 0 Å². The largest absolute Gasteiger partial charge is 0.321 e. The Morgan fingerprint density at radius 3 is 2.84 bits per heavy atom. The zero-order valence-electron chi connectivity index (χ0n) is 15.4. The first-order chi connectivity index (χ1) is 12.2. The van der Waals surface area contributed by atoms with Crippen molar-refractivity contribution in [2.75, 3.05) is 5.32 Å². The van der Waals surface area contributed by atoms with Gasteiger partial charge in [-0.3, -0.25) is 4.79 Å². The minimum Gasteiger partial charge on any atom is -0.321 e. The molecule has 0 atom stereocenters. The second kappa shape index (κ2) is 6.67. The number of benzene rings is 1. The van der Waals surface area contributed by atoms with E-state index in [4.69, 9.17) is 0 Å². The molecule has 2 heteroatoms. The van der Waals surface area contributed by atoms with Crippen LogP contribution >= 0.6 is 0 Å². The van der Waals surface area contributed by atoms with Crippen LogP contribution in [0.5, 0.6) is 0 Å². The Bertz CT molecular complexity index is 822. The normalized spacial score (nSPS) is 21.0. The van der Waals surface area contributed by atoms with Crippen molar-refractivity contribution < 1.29 is 4.79 Å². The summed E-state index contributed by atoms with van der Waals surface area (Å²) in [6.07, 6.45) is 11.8. The maximum atomic E-state index is 12.5. The number of fused-ring (bicyclic) bond motifs is 1. The second-order valence-electron chi connectivity index (χ2n) is 7.61. The molecule has 0 fully saturated rings. The van der Waals surface area contributed by atoms with Crippen LogP contribution in [-0.2, 0) is 11.2 Å². The number of aryl methyl sites for hydroxylation is 1. The molecule has 1 N–H and O–H groups in total. The monoisotopic (exact) mass is 333 g/mol. The molecular formula is C23H27NO. The Morgan fingerprint density at radius 1 is 1.20 bits per heavy atom. The van der Waals surface area contributed by atoms with E-state index in [1.807, 2.05) is 0 Å². The summed E-state index contributed by atoms with van der Waals surface area (Å²) in [5.74, 6) is 0.0489. The first-order valence-corrected chi connectivity index (χ1v) is 9.74. The van der Waals surface area contributed by atoms with Gasteiger partial charge in [-0.2, -0.15) is 0 Å². The molecule has 1 heterocycles. The molecule has 25 heavy (non-hydrogen) atoms. The number of carbonyl (C=O) groups excluding carboxylic acids is 1. The lowest BCUT2D eigenvalue weighted by Gasteiger charge is -2.14. The van der Waals surface area contributed by atoms with Gasteiger partial charge < -0.3 is 5.32 Å². The van der Waals surface area contributed by atoms with E-state index in [1.165, 1.54) is 55.2 Å². The molecule has 1 aromatic carbocycles. The quantitative estimate of drug-likeness (QED) is 0.677. The van der Waals surface area contributed by atoms with E-state index in [2.05, 4.69) is 43.4 Å². The highest BCUT2D eigenvalue weighted by molar-refractivity contribution is 6.32. The minimum atomic E-state index is 0.0489. The van der Waals surface area contributed by atoms with Gasteiger partial charge in [0.05, 0.1) is 0 Å². The van der Waals surface area contributed by atoms with Gasteiger partial charge in [-0.15, -0.1) is 0 Å². The minimum absolute atomic E-state index is 0.0489. The molecule has 3 aliphatic rings. The van der Waals surface area contributed by atoms with Crippen LogP contribution in [0.3, 0.4) is 0 Å². The maximum absolute atomic E-state index is 12.5. The highest BCUT2D eigenvalue weighted by Gasteiger charge is 2.27. The number of allylic oxidation sites excluding steroid dienone is 5. The predicted octanol–water partition coefficient (Wildman–Crippen LogP) is 5.96. The van der Waals surface area contributed by atoms with Gasteiger partial charge in [0.15, 0.2) is 0 Å². The molecule has 130 valence electrons. The molecule has 0 radical (unpaired) electrons. The highest BCUT2D eigenvalue weighted by atomic mass is 16.2. The van der Waals surface area contributed by atoms with Gasteiger partial charge in [-0.25, -0.2) is 0 Å². The molecule has 0 saturated carbocycles. The number of carbonyl (C=O) groups is 1. The molecular weight excluding hydrogens is 306 g/mol. The molecule has 0 aromatic heterocycles. The summed E-state index contributed by atoms with van der Waals surface area (Å²) < 4.78 is 0. The van der Waals surface area contributed by atoms with Crippen molar-refractivity contribution in [1.29, 1.82) is 0 Å². The van der Waals surface area contributed by atoms with Gasteiger partial charge in [0.2, 0.25) is 0 Å². The lowest BCUT2D eigenvalue weighted by molar-refractivity contribution is -0.110. The summed E-state index contributed by atoms with van der Waals surface area (Å²) in [7, 11) is 0. The summed E-state index contributed by atoms with van der Waals surface area (Å²) in [6, 6.07) is 6.43. The van der Waals surface area contributed by atoms with Crippen LogP contribution in [0.2, 0.25) is 0 Å². The van der Waals surface area contributed by atoms with Crippen LogP contribution in [0.15, 0.2) is 46.6 Å². The fraction of sp³-hybridized carbons (Fsp3) is 0.435. The van der Waals surface area contributed by atoms with Crippen molar-refractivity contribution in [3.63, 3.8) is 0 Å². The Morgan fingerprint density at radius 2 is 2.04 bits per heavy atom. The van der Waals surface area contributed by atoms with Crippen molar-refractivity contribution in [3.05, 3.63) is 57.7 Å². The third-order valence-electron chi connectivity index (χ3n) is 5.92. The lowest BCUT2D eigenvalue weighted by atomic mass is 9.91. The van der Waals surface area contributed by atoms with Gasteiger partial charge in [0.25, 0.3) is 5.91 Å². The summed E-state index contributed by atoms with van der Waals surface area (Å²) >= 11 is 0. The van der Waals surface area contributed by atoms with Crippen molar-refractivity contribution in [2.24, 2.45) is 0 Å².